The molecule has 1 saturated heterocycles. The van der Waals surface area contributed by atoms with Crippen LogP contribution in [0.1, 0.15) is 19.3 Å². The van der Waals surface area contributed by atoms with Crippen molar-refractivity contribution in [2.45, 2.75) is 31.7 Å². The third kappa shape index (κ3) is 2.50. The molecule has 2 rings (SSSR count). The van der Waals surface area contributed by atoms with E-state index in [0.29, 0.717) is 25.0 Å². The summed E-state index contributed by atoms with van der Waals surface area (Å²) in [5.41, 5.74) is 0. The van der Waals surface area contributed by atoms with Crippen LogP contribution in [-0.4, -0.2) is 44.4 Å². The normalized spacial score (nSPS) is 38.4. The van der Waals surface area contributed by atoms with E-state index < -0.39 is 0 Å². The molecule has 3 unspecified atom stereocenters. The van der Waals surface area contributed by atoms with Gasteiger partial charge in [0.1, 0.15) is 0 Å². The second-order valence-electron chi connectivity index (χ2n) is 4.41. The van der Waals surface area contributed by atoms with Crippen LogP contribution in [0.3, 0.4) is 0 Å². The van der Waals surface area contributed by atoms with E-state index >= 15 is 0 Å². The topological polar surface area (TPSA) is 47.9 Å². The summed E-state index contributed by atoms with van der Waals surface area (Å²) < 4.78 is 16.5. The van der Waals surface area contributed by atoms with Gasteiger partial charge in [0.25, 0.3) is 0 Å². The molecule has 1 aliphatic carbocycles. The van der Waals surface area contributed by atoms with Crippen molar-refractivity contribution in [1.29, 1.82) is 0 Å². The molecule has 3 atom stereocenters. The highest BCUT2D eigenvalue weighted by Gasteiger charge is 2.38. The zero-order valence-corrected chi connectivity index (χ0v) is 9.22. The highest BCUT2D eigenvalue weighted by Crippen LogP contribution is 2.35. The summed E-state index contributed by atoms with van der Waals surface area (Å²) in [4.78, 5) is 0. The maximum Gasteiger partial charge on any atom is 0.163 e. The van der Waals surface area contributed by atoms with Gasteiger partial charge in [0.2, 0.25) is 0 Å². The minimum atomic E-state index is -0.0883. The molecule has 1 N–H and O–H groups in total. The van der Waals surface area contributed by atoms with Crippen molar-refractivity contribution in [2.75, 3.05) is 26.9 Å². The highest BCUT2D eigenvalue weighted by molar-refractivity contribution is 4.83. The number of ether oxygens (including phenoxy) is 3. The van der Waals surface area contributed by atoms with Crippen LogP contribution in [0.15, 0.2) is 0 Å². The molecule has 0 bridgehead atoms. The Bertz CT molecular complexity index is 191. The van der Waals surface area contributed by atoms with Crippen LogP contribution in [0.4, 0.5) is 0 Å². The van der Waals surface area contributed by atoms with Gasteiger partial charge in [-0.15, -0.1) is 0 Å². The molecule has 4 nitrogen and oxygen atoms in total. The second kappa shape index (κ2) is 5.25. The Hall–Kier alpha value is -0.160. The lowest BCUT2D eigenvalue weighted by molar-refractivity contribution is -0.142. The maximum atomic E-state index is 9.14. The molecule has 88 valence electrons. The third-order valence-electron chi connectivity index (χ3n) is 3.51. The van der Waals surface area contributed by atoms with Gasteiger partial charge in [-0.25, -0.2) is 0 Å². The van der Waals surface area contributed by atoms with Crippen molar-refractivity contribution in [3.8, 4) is 0 Å². The lowest BCUT2D eigenvalue weighted by atomic mass is 9.79. The van der Waals surface area contributed by atoms with Gasteiger partial charge in [-0.2, -0.15) is 0 Å². The highest BCUT2D eigenvalue weighted by atomic mass is 16.7. The Labute approximate surface area is 90.5 Å². The van der Waals surface area contributed by atoms with Gasteiger partial charge in [0.15, 0.2) is 6.29 Å². The molecule has 0 aromatic heterocycles. The molecular weight excluding hydrogens is 196 g/mol. The van der Waals surface area contributed by atoms with Crippen molar-refractivity contribution in [2.24, 2.45) is 11.8 Å². The Morgan fingerprint density at radius 3 is 2.60 bits per heavy atom. The molecule has 0 amide bonds. The molecule has 0 radical (unpaired) electrons. The van der Waals surface area contributed by atoms with Gasteiger partial charge in [-0.3, -0.25) is 0 Å². The Morgan fingerprint density at radius 1 is 1.27 bits per heavy atom. The van der Waals surface area contributed by atoms with Gasteiger partial charge in [0, 0.05) is 19.6 Å². The fourth-order valence-corrected chi connectivity index (χ4v) is 2.61. The molecule has 0 aromatic carbocycles. The van der Waals surface area contributed by atoms with Crippen LogP contribution >= 0.6 is 0 Å². The summed E-state index contributed by atoms with van der Waals surface area (Å²) in [7, 11) is 1.73. The first kappa shape index (κ1) is 11.3. The second-order valence-corrected chi connectivity index (χ2v) is 4.41. The first-order valence-corrected chi connectivity index (χ1v) is 5.72. The van der Waals surface area contributed by atoms with Crippen molar-refractivity contribution in [1.82, 2.24) is 0 Å². The quantitative estimate of drug-likeness (QED) is 0.757. The minimum absolute atomic E-state index is 0.0883. The van der Waals surface area contributed by atoms with Gasteiger partial charge in [-0.05, 0) is 25.2 Å². The molecule has 2 fully saturated rings. The molecule has 0 spiro atoms. The van der Waals surface area contributed by atoms with E-state index in [2.05, 4.69) is 0 Å². The fraction of sp³-hybridized carbons (Fsp3) is 1.00. The van der Waals surface area contributed by atoms with Gasteiger partial charge >= 0.3 is 0 Å². The van der Waals surface area contributed by atoms with Crippen LogP contribution in [0.2, 0.25) is 0 Å². The molecule has 1 saturated carbocycles. The lowest BCUT2D eigenvalue weighted by Crippen LogP contribution is -2.39. The van der Waals surface area contributed by atoms with Crippen molar-refractivity contribution in [3.05, 3.63) is 0 Å². The molecule has 1 aliphatic heterocycles. The van der Waals surface area contributed by atoms with Crippen LogP contribution in [0.5, 0.6) is 0 Å². The van der Waals surface area contributed by atoms with Crippen LogP contribution < -0.4 is 0 Å². The molecular formula is C11H20O4. The number of methoxy groups -OCH3 is 1. The van der Waals surface area contributed by atoms with Gasteiger partial charge < -0.3 is 19.3 Å². The summed E-state index contributed by atoms with van der Waals surface area (Å²) in [6, 6.07) is 0. The van der Waals surface area contributed by atoms with E-state index in [9.17, 15) is 0 Å². The van der Waals surface area contributed by atoms with E-state index in [1.165, 1.54) is 0 Å². The van der Waals surface area contributed by atoms with E-state index in [1.807, 2.05) is 0 Å². The molecule has 2 aliphatic rings. The summed E-state index contributed by atoms with van der Waals surface area (Å²) in [6.45, 7) is 1.65. The van der Waals surface area contributed by atoms with E-state index in [1.54, 1.807) is 7.11 Å². The number of rotatable bonds is 3. The minimum Gasteiger partial charge on any atom is -0.396 e. The summed E-state index contributed by atoms with van der Waals surface area (Å²) in [5.74, 6) is 0.716. The van der Waals surface area contributed by atoms with E-state index in [-0.39, 0.29) is 19.0 Å². The summed E-state index contributed by atoms with van der Waals surface area (Å²) >= 11 is 0. The molecule has 1 heterocycles. The van der Waals surface area contributed by atoms with Crippen LogP contribution in [0.25, 0.3) is 0 Å². The monoisotopic (exact) mass is 216 g/mol. The first-order chi connectivity index (χ1) is 7.35. The zero-order valence-electron chi connectivity index (χ0n) is 9.22. The number of aliphatic hydroxyl groups is 1. The number of hydrogen-bond donors (Lipinski definition) is 1. The first-order valence-electron chi connectivity index (χ1n) is 5.72. The van der Waals surface area contributed by atoms with Gasteiger partial charge in [-0.1, -0.05) is 0 Å². The number of aliphatic hydroxyl groups excluding tert-OH is 1. The zero-order chi connectivity index (χ0) is 10.7. The SMILES string of the molecule is COC1CC(CO)CCC1C1OCCO1. The Kier molecular flexibility index (Phi) is 3.97. The standard InChI is InChI=1S/C11H20O4/c1-13-10-6-8(7-12)2-3-9(10)11-14-4-5-15-11/h8-12H,2-7H2,1H3. The summed E-state index contributed by atoms with van der Waals surface area (Å²) in [6.07, 6.45) is 3.06. The van der Waals surface area contributed by atoms with E-state index in [0.717, 1.165) is 19.3 Å². The van der Waals surface area contributed by atoms with Crippen LogP contribution in [-0.2, 0) is 14.2 Å². The third-order valence-corrected chi connectivity index (χ3v) is 3.51. The Morgan fingerprint density at radius 2 is 2.00 bits per heavy atom. The smallest absolute Gasteiger partial charge is 0.163 e. The predicted octanol–water partition coefficient (Wildman–Crippen LogP) is 0.783. The summed E-state index contributed by atoms with van der Waals surface area (Å²) in [5, 5.41) is 9.14. The van der Waals surface area contributed by atoms with Crippen LogP contribution in [0, 0.1) is 11.8 Å². The molecule has 4 heteroatoms. The molecule has 0 aromatic rings. The molecule has 15 heavy (non-hydrogen) atoms. The van der Waals surface area contributed by atoms with Crippen molar-refractivity contribution >= 4 is 0 Å². The average Bonchev–Trinajstić information content (AvgIpc) is 2.81. The predicted molar refractivity (Wildman–Crippen MR) is 54.4 cm³/mol. The van der Waals surface area contributed by atoms with Gasteiger partial charge in [0.05, 0.1) is 19.3 Å². The Balaban J connectivity index is 1.92. The van der Waals surface area contributed by atoms with Crippen molar-refractivity contribution < 1.29 is 19.3 Å². The maximum absolute atomic E-state index is 9.14. The lowest BCUT2D eigenvalue weighted by Gasteiger charge is -2.36. The largest absolute Gasteiger partial charge is 0.396 e. The number of hydrogen-bond acceptors (Lipinski definition) is 4. The van der Waals surface area contributed by atoms with Crippen molar-refractivity contribution in [3.63, 3.8) is 0 Å². The average molecular weight is 216 g/mol. The fourth-order valence-electron chi connectivity index (χ4n) is 2.61. The van der Waals surface area contributed by atoms with E-state index in [4.69, 9.17) is 19.3 Å².